The maximum absolute atomic E-state index is 6.59. The smallest absolute Gasteiger partial charge is 0.126 e. The van der Waals surface area contributed by atoms with Crippen molar-refractivity contribution in [3.05, 3.63) is 57.6 Å². The third-order valence-electron chi connectivity index (χ3n) is 7.49. The maximum Gasteiger partial charge on any atom is 0.126 e. The van der Waals surface area contributed by atoms with Crippen LogP contribution in [0.5, 0.6) is 11.5 Å². The average molecular weight is 695 g/mol. The highest BCUT2D eigenvalue weighted by molar-refractivity contribution is 9.09. The second-order valence-electron chi connectivity index (χ2n) is 15.7. The number of ether oxygens (including phenoxy) is 2. The average Bonchev–Trinajstić information content (AvgIpc) is 2.82. The fourth-order valence-corrected chi connectivity index (χ4v) is 5.89. The first kappa shape index (κ1) is 36.2. The van der Waals surface area contributed by atoms with Gasteiger partial charge in [-0.25, -0.2) is 0 Å². The van der Waals surface area contributed by atoms with Crippen molar-refractivity contribution in [2.24, 2.45) is 0 Å². The highest BCUT2D eigenvalue weighted by Gasteiger charge is 2.30. The van der Waals surface area contributed by atoms with Crippen molar-refractivity contribution in [1.29, 1.82) is 0 Å². The second-order valence-corrected chi connectivity index (χ2v) is 17.3. The highest BCUT2D eigenvalue weighted by atomic mass is 79.9. The van der Waals surface area contributed by atoms with Crippen molar-refractivity contribution in [1.82, 2.24) is 0 Å². The Balaban J connectivity index is 2.70. The third kappa shape index (κ3) is 10.6. The number of benzene rings is 2. The van der Waals surface area contributed by atoms with Gasteiger partial charge in [-0.2, -0.15) is 0 Å². The normalized spacial score (nSPS) is 13.0. The van der Waals surface area contributed by atoms with E-state index in [0.717, 1.165) is 67.5 Å². The summed E-state index contributed by atoms with van der Waals surface area (Å²) >= 11 is 7.12. The van der Waals surface area contributed by atoms with Gasteiger partial charge in [0.2, 0.25) is 0 Å². The summed E-state index contributed by atoms with van der Waals surface area (Å²) in [4.78, 5) is 0. The predicted octanol–water partition coefficient (Wildman–Crippen LogP) is 11.6. The van der Waals surface area contributed by atoms with Crippen LogP contribution in [0, 0.1) is 0 Å². The van der Waals surface area contributed by atoms with Crippen LogP contribution in [0.4, 0.5) is 0 Å². The van der Waals surface area contributed by atoms with Crippen LogP contribution in [0.1, 0.15) is 142 Å². The molecule has 0 bridgehead atoms. The molecule has 0 atom stereocenters. The van der Waals surface area contributed by atoms with Crippen LogP contribution >= 0.6 is 31.9 Å². The maximum atomic E-state index is 6.59. The number of hydrogen-bond donors (Lipinski definition) is 0. The van der Waals surface area contributed by atoms with Crippen molar-refractivity contribution < 1.29 is 9.47 Å². The Morgan fingerprint density at radius 2 is 0.732 bits per heavy atom. The Hall–Kier alpha value is -1.000. The van der Waals surface area contributed by atoms with Crippen LogP contribution in [-0.2, 0) is 28.1 Å². The molecule has 0 radical (unpaired) electrons. The molecule has 41 heavy (non-hydrogen) atoms. The minimum atomic E-state index is -0.0271. The van der Waals surface area contributed by atoms with E-state index in [1.54, 1.807) is 0 Å². The van der Waals surface area contributed by atoms with Crippen molar-refractivity contribution in [2.45, 2.75) is 137 Å². The lowest BCUT2D eigenvalue weighted by atomic mass is 9.76. The van der Waals surface area contributed by atoms with Gasteiger partial charge >= 0.3 is 0 Å². The van der Waals surface area contributed by atoms with E-state index in [-0.39, 0.29) is 21.7 Å². The number of alkyl halides is 2. The lowest BCUT2D eigenvalue weighted by Crippen LogP contribution is -2.22. The molecule has 0 saturated carbocycles. The van der Waals surface area contributed by atoms with Gasteiger partial charge in [0.25, 0.3) is 0 Å². The summed E-state index contributed by atoms with van der Waals surface area (Å²) in [5.74, 6) is 2.17. The Morgan fingerprint density at radius 1 is 0.463 bits per heavy atom. The number of halogens is 2. The van der Waals surface area contributed by atoms with Crippen LogP contribution in [0.15, 0.2) is 24.3 Å². The van der Waals surface area contributed by atoms with Gasteiger partial charge in [0, 0.05) is 32.9 Å². The summed E-state index contributed by atoms with van der Waals surface area (Å²) in [6.07, 6.45) is 5.23. The molecule has 0 aliphatic rings. The van der Waals surface area contributed by atoms with Crippen LogP contribution in [0.2, 0.25) is 0 Å². The third-order valence-corrected chi connectivity index (χ3v) is 8.61. The molecule has 0 heterocycles. The van der Waals surface area contributed by atoms with E-state index in [0.29, 0.717) is 0 Å². The minimum Gasteiger partial charge on any atom is -0.493 e. The molecule has 0 aliphatic heterocycles. The van der Waals surface area contributed by atoms with E-state index in [1.807, 2.05) is 0 Å². The molecule has 232 valence electrons. The predicted molar refractivity (Wildman–Crippen MR) is 188 cm³/mol. The van der Waals surface area contributed by atoms with Gasteiger partial charge in [0.05, 0.1) is 13.2 Å². The SMILES string of the molecule is CC(C)(C)c1cc(Cc2cc(C(C)(C)C)c(OCCCCBr)c(C(C)(C)C)c2)cc(C(C)(C)C)c1OCCCCBr. The molecular formula is C37H58Br2O2. The van der Waals surface area contributed by atoms with Gasteiger partial charge in [-0.3, -0.25) is 0 Å². The zero-order valence-corrected chi connectivity index (χ0v) is 31.4. The Kier molecular flexibility index (Phi) is 12.9. The molecule has 0 amide bonds. The molecule has 0 N–H and O–H groups in total. The molecule has 2 nitrogen and oxygen atoms in total. The van der Waals surface area contributed by atoms with E-state index in [2.05, 4.69) is 139 Å². The Bertz CT molecular complexity index is 962. The standard InChI is InChI=1S/C37H58Br2O2/c1-34(2,3)28-22-26(23-29(35(4,5)6)32(28)40-19-15-13-17-38)21-27-24-30(36(7,8)9)33(41-20-16-14-18-39)31(25-27)37(10,11)12/h22-25H,13-21H2,1-12H3. The van der Waals surface area contributed by atoms with E-state index in [1.165, 1.54) is 33.4 Å². The molecule has 2 aromatic carbocycles. The largest absolute Gasteiger partial charge is 0.493 e. The molecule has 2 aromatic rings. The summed E-state index contributed by atoms with van der Waals surface area (Å²) < 4.78 is 13.2. The highest BCUT2D eigenvalue weighted by Crippen LogP contribution is 2.44. The van der Waals surface area contributed by atoms with E-state index in [9.17, 15) is 0 Å². The first-order chi connectivity index (χ1) is 18.8. The Morgan fingerprint density at radius 3 is 0.951 bits per heavy atom. The monoisotopic (exact) mass is 692 g/mol. The van der Waals surface area contributed by atoms with Gasteiger partial charge in [-0.1, -0.05) is 139 Å². The first-order valence-corrected chi connectivity index (χ1v) is 17.8. The van der Waals surface area contributed by atoms with Crippen molar-refractivity contribution in [2.75, 3.05) is 23.9 Å². The van der Waals surface area contributed by atoms with Gasteiger partial charge in [0.15, 0.2) is 0 Å². The fourth-order valence-electron chi connectivity index (χ4n) is 5.10. The number of unbranched alkanes of at least 4 members (excludes halogenated alkanes) is 2. The number of rotatable bonds is 12. The van der Waals surface area contributed by atoms with Crippen LogP contribution < -0.4 is 9.47 Å². The summed E-state index contributed by atoms with van der Waals surface area (Å²) in [6.45, 7) is 29.2. The molecule has 2 rings (SSSR count). The van der Waals surface area contributed by atoms with Crippen molar-refractivity contribution in [3.8, 4) is 11.5 Å². The zero-order valence-electron chi connectivity index (χ0n) is 28.2. The van der Waals surface area contributed by atoms with Crippen molar-refractivity contribution in [3.63, 3.8) is 0 Å². The molecule has 4 heteroatoms. The van der Waals surface area contributed by atoms with Gasteiger partial charge in [0.1, 0.15) is 11.5 Å². The molecule has 0 aromatic heterocycles. The van der Waals surface area contributed by atoms with Crippen LogP contribution in [0.25, 0.3) is 0 Å². The molecule has 0 unspecified atom stereocenters. The topological polar surface area (TPSA) is 18.5 Å². The first-order valence-electron chi connectivity index (χ1n) is 15.5. The van der Waals surface area contributed by atoms with Crippen molar-refractivity contribution >= 4 is 31.9 Å². The Labute approximate surface area is 270 Å². The summed E-state index contributed by atoms with van der Waals surface area (Å²) in [5, 5.41) is 2.03. The quantitative estimate of drug-likeness (QED) is 0.163. The fraction of sp³-hybridized carbons (Fsp3) is 0.676. The second kappa shape index (κ2) is 14.7. The summed E-state index contributed by atoms with van der Waals surface area (Å²) in [5.41, 5.74) is 7.80. The van der Waals surface area contributed by atoms with Gasteiger partial charge in [-0.05, 0) is 64.9 Å². The molecule has 0 fully saturated rings. The molecule has 0 spiro atoms. The van der Waals surface area contributed by atoms with E-state index in [4.69, 9.17) is 9.47 Å². The summed E-state index contributed by atoms with van der Waals surface area (Å²) in [7, 11) is 0. The van der Waals surface area contributed by atoms with E-state index < -0.39 is 0 Å². The molecule has 0 saturated heterocycles. The lowest BCUT2D eigenvalue weighted by molar-refractivity contribution is 0.293. The van der Waals surface area contributed by atoms with Gasteiger partial charge in [-0.15, -0.1) is 0 Å². The molecule has 0 aliphatic carbocycles. The lowest BCUT2D eigenvalue weighted by Gasteiger charge is -2.32. The van der Waals surface area contributed by atoms with Crippen LogP contribution in [-0.4, -0.2) is 23.9 Å². The number of hydrogen-bond acceptors (Lipinski definition) is 2. The minimum absolute atomic E-state index is 0.0271. The summed E-state index contributed by atoms with van der Waals surface area (Å²) in [6, 6.07) is 9.64. The zero-order chi connectivity index (χ0) is 31.2. The van der Waals surface area contributed by atoms with E-state index >= 15 is 0 Å². The van der Waals surface area contributed by atoms with Crippen LogP contribution in [0.3, 0.4) is 0 Å². The van der Waals surface area contributed by atoms with Gasteiger partial charge < -0.3 is 9.47 Å². The molecular weight excluding hydrogens is 636 g/mol.